The molecule has 0 aromatic rings. The van der Waals surface area contributed by atoms with E-state index in [-0.39, 0.29) is 12.5 Å². The van der Waals surface area contributed by atoms with E-state index in [0.29, 0.717) is 6.54 Å². The van der Waals surface area contributed by atoms with E-state index < -0.39 is 34.8 Å². The number of alkyl halides is 3. The molecule has 8 heteroatoms. The van der Waals surface area contributed by atoms with E-state index in [4.69, 9.17) is 5.73 Å². The largest absolute Gasteiger partial charge is 0.389 e. The number of hydrogen-bond acceptors (Lipinski definition) is 3. The van der Waals surface area contributed by atoms with Crippen molar-refractivity contribution in [2.75, 3.05) is 18.8 Å². The van der Waals surface area contributed by atoms with Crippen molar-refractivity contribution in [3.8, 4) is 0 Å². The van der Waals surface area contributed by atoms with Gasteiger partial charge >= 0.3 is 6.18 Å². The van der Waals surface area contributed by atoms with E-state index in [1.165, 1.54) is 0 Å². The lowest BCUT2D eigenvalue weighted by Crippen LogP contribution is -2.33. The van der Waals surface area contributed by atoms with Gasteiger partial charge in [-0.05, 0) is 18.9 Å². The lowest BCUT2D eigenvalue weighted by Gasteiger charge is -2.11. The van der Waals surface area contributed by atoms with Crippen LogP contribution in [0.25, 0.3) is 0 Å². The minimum absolute atomic E-state index is 0.0302. The Hall–Kier alpha value is -0.340. The Kier molecular flexibility index (Phi) is 6.27. The van der Waals surface area contributed by atoms with Crippen LogP contribution in [0.1, 0.15) is 19.8 Å². The second-order valence-corrected chi connectivity index (χ2v) is 5.65. The van der Waals surface area contributed by atoms with Crippen LogP contribution in [0.2, 0.25) is 0 Å². The number of nitrogens with one attached hydrogen (secondary N) is 1. The Morgan fingerprint density at radius 1 is 1.38 bits per heavy atom. The summed E-state index contributed by atoms with van der Waals surface area (Å²) in [4.78, 5) is 0. The van der Waals surface area contributed by atoms with Crippen LogP contribution in [0.5, 0.6) is 0 Å². The van der Waals surface area contributed by atoms with Crippen LogP contribution in [-0.4, -0.2) is 33.4 Å². The van der Waals surface area contributed by atoms with Crippen molar-refractivity contribution < 1.29 is 21.6 Å². The van der Waals surface area contributed by atoms with Crippen LogP contribution in [0, 0.1) is 5.92 Å². The van der Waals surface area contributed by atoms with E-state index in [2.05, 4.69) is 4.72 Å². The first kappa shape index (κ1) is 15.7. The predicted octanol–water partition coefficient (Wildman–Crippen LogP) is 0.843. The zero-order valence-electron chi connectivity index (χ0n) is 9.05. The van der Waals surface area contributed by atoms with E-state index in [9.17, 15) is 21.6 Å². The van der Waals surface area contributed by atoms with Gasteiger partial charge in [0.05, 0.1) is 5.75 Å². The van der Waals surface area contributed by atoms with Gasteiger partial charge in [0.2, 0.25) is 10.0 Å². The molecule has 1 unspecified atom stereocenters. The van der Waals surface area contributed by atoms with Crippen molar-refractivity contribution >= 4 is 10.0 Å². The zero-order chi connectivity index (χ0) is 12.8. The summed E-state index contributed by atoms with van der Waals surface area (Å²) in [7, 11) is -3.61. The summed E-state index contributed by atoms with van der Waals surface area (Å²) in [5.41, 5.74) is 5.28. The number of rotatable bonds is 7. The number of hydrogen-bond donors (Lipinski definition) is 2. The molecule has 0 aromatic heterocycles. The second kappa shape index (κ2) is 6.41. The lowest BCUT2D eigenvalue weighted by atomic mass is 10.2. The topological polar surface area (TPSA) is 72.2 Å². The van der Waals surface area contributed by atoms with Crippen LogP contribution < -0.4 is 10.5 Å². The highest BCUT2D eigenvalue weighted by molar-refractivity contribution is 7.89. The van der Waals surface area contributed by atoms with E-state index in [1.54, 1.807) is 6.92 Å². The van der Waals surface area contributed by atoms with Crippen molar-refractivity contribution in [3.63, 3.8) is 0 Å². The number of nitrogens with two attached hydrogens (primary N) is 1. The molecule has 3 N–H and O–H groups in total. The molecule has 0 saturated heterocycles. The minimum Gasteiger partial charge on any atom is -0.330 e. The van der Waals surface area contributed by atoms with Gasteiger partial charge in [0.25, 0.3) is 0 Å². The van der Waals surface area contributed by atoms with E-state index in [1.807, 2.05) is 0 Å². The summed E-state index contributed by atoms with van der Waals surface area (Å²) in [5, 5.41) is 0. The zero-order valence-corrected chi connectivity index (χ0v) is 9.87. The third-order valence-corrected chi connectivity index (χ3v) is 3.36. The SMILES string of the molecule is CC(CN)CNS(=O)(=O)CCCC(F)(F)F. The summed E-state index contributed by atoms with van der Waals surface area (Å²) in [6, 6.07) is 0. The molecule has 98 valence electrons. The van der Waals surface area contributed by atoms with Gasteiger partial charge in [0.1, 0.15) is 0 Å². The molecular formula is C8H17F3N2O2S. The first-order valence-corrected chi connectivity index (χ1v) is 6.55. The quantitative estimate of drug-likeness (QED) is 0.714. The van der Waals surface area contributed by atoms with Gasteiger partial charge < -0.3 is 5.73 Å². The molecule has 4 nitrogen and oxygen atoms in total. The number of sulfonamides is 1. The standard InChI is InChI=1S/C8H17F3N2O2S/c1-7(5-12)6-13-16(14,15)4-2-3-8(9,10)11/h7,13H,2-6,12H2,1H3. The average Bonchev–Trinajstić information content (AvgIpc) is 2.12. The van der Waals surface area contributed by atoms with E-state index >= 15 is 0 Å². The molecular weight excluding hydrogens is 245 g/mol. The van der Waals surface area contributed by atoms with Gasteiger partial charge in [-0.25, -0.2) is 13.1 Å². The summed E-state index contributed by atoms with van der Waals surface area (Å²) in [6.45, 7) is 2.23. The van der Waals surface area contributed by atoms with Crippen molar-refractivity contribution in [2.45, 2.75) is 25.9 Å². The summed E-state index contributed by atoms with van der Waals surface area (Å²) >= 11 is 0. The van der Waals surface area contributed by atoms with Crippen LogP contribution in [-0.2, 0) is 10.0 Å². The molecule has 1 atom stereocenters. The van der Waals surface area contributed by atoms with Gasteiger partial charge in [-0.15, -0.1) is 0 Å². The normalized spacial score (nSPS) is 15.1. The maximum atomic E-state index is 11.8. The predicted molar refractivity (Wildman–Crippen MR) is 55.3 cm³/mol. The molecule has 0 bridgehead atoms. The summed E-state index contributed by atoms with van der Waals surface area (Å²) in [5.74, 6) is -0.540. The Bertz CT molecular complexity index is 290. The van der Waals surface area contributed by atoms with Gasteiger partial charge in [-0.1, -0.05) is 6.92 Å². The Morgan fingerprint density at radius 3 is 2.38 bits per heavy atom. The summed E-state index contributed by atoms with van der Waals surface area (Å²) in [6.07, 6.45) is -5.81. The second-order valence-electron chi connectivity index (χ2n) is 3.73. The average molecular weight is 262 g/mol. The molecule has 0 aromatic carbocycles. The van der Waals surface area contributed by atoms with Crippen molar-refractivity contribution in [2.24, 2.45) is 11.7 Å². The lowest BCUT2D eigenvalue weighted by molar-refractivity contribution is -0.134. The maximum absolute atomic E-state index is 11.8. The molecule has 0 heterocycles. The Morgan fingerprint density at radius 2 is 1.94 bits per heavy atom. The highest BCUT2D eigenvalue weighted by Gasteiger charge is 2.27. The van der Waals surface area contributed by atoms with Gasteiger partial charge in [-0.3, -0.25) is 0 Å². The van der Waals surface area contributed by atoms with Crippen molar-refractivity contribution in [1.82, 2.24) is 4.72 Å². The van der Waals surface area contributed by atoms with Crippen molar-refractivity contribution in [1.29, 1.82) is 0 Å². The van der Waals surface area contributed by atoms with Gasteiger partial charge in [-0.2, -0.15) is 13.2 Å². The van der Waals surface area contributed by atoms with Crippen LogP contribution >= 0.6 is 0 Å². The monoisotopic (exact) mass is 262 g/mol. The Labute approximate surface area is 93.4 Å². The fourth-order valence-electron chi connectivity index (χ4n) is 0.887. The molecule has 0 amide bonds. The fourth-order valence-corrected chi connectivity index (χ4v) is 2.09. The fraction of sp³-hybridized carbons (Fsp3) is 1.00. The third-order valence-electron chi connectivity index (χ3n) is 1.93. The molecule has 0 aliphatic heterocycles. The molecule has 0 saturated carbocycles. The van der Waals surface area contributed by atoms with Crippen LogP contribution in [0.4, 0.5) is 13.2 Å². The third kappa shape index (κ3) is 8.93. The maximum Gasteiger partial charge on any atom is 0.389 e. The smallest absolute Gasteiger partial charge is 0.330 e. The molecule has 16 heavy (non-hydrogen) atoms. The highest BCUT2D eigenvalue weighted by atomic mass is 32.2. The Balaban J connectivity index is 3.89. The first-order chi connectivity index (χ1) is 7.16. The van der Waals surface area contributed by atoms with Crippen LogP contribution in [0.15, 0.2) is 0 Å². The minimum atomic E-state index is -4.31. The highest BCUT2D eigenvalue weighted by Crippen LogP contribution is 2.21. The van der Waals surface area contributed by atoms with E-state index in [0.717, 1.165) is 0 Å². The molecule has 0 radical (unpaired) electrons. The number of halogens is 3. The molecule has 0 aliphatic rings. The van der Waals surface area contributed by atoms with Crippen LogP contribution in [0.3, 0.4) is 0 Å². The van der Waals surface area contributed by atoms with Gasteiger partial charge in [0, 0.05) is 13.0 Å². The first-order valence-electron chi connectivity index (χ1n) is 4.90. The molecule has 0 aliphatic carbocycles. The molecule has 0 fully saturated rings. The summed E-state index contributed by atoms with van der Waals surface area (Å²) < 4.78 is 60.0. The molecule has 0 rings (SSSR count). The van der Waals surface area contributed by atoms with Gasteiger partial charge in [0.15, 0.2) is 0 Å². The van der Waals surface area contributed by atoms with Crippen molar-refractivity contribution in [3.05, 3.63) is 0 Å². The molecule has 0 spiro atoms.